The Hall–Kier alpha value is -2.08. The van der Waals surface area contributed by atoms with Crippen molar-refractivity contribution < 1.29 is 49.0 Å². The molecule has 1 saturated heterocycles. The van der Waals surface area contributed by atoms with Crippen molar-refractivity contribution in [2.45, 2.75) is 173 Å². The summed E-state index contributed by atoms with van der Waals surface area (Å²) in [5, 5.41) is 39.8. The van der Waals surface area contributed by atoms with Crippen molar-refractivity contribution in [3.05, 3.63) is 36.5 Å². The minimum Gasteiger partial charge on any atom is -0.462 e. The van der Waals surface area contributed by atoms with Crippen LogP contribution in [0.1, 0.15) is 136 Å². The van der Waals surface area contributed by atoms with Crippen molar-refractivity contribution in [1.29, 1.82) is 0 Å². The van der Waals surface area contributed by atoms with Crippen LogP contribution in [0.4, 0.5) is 0 Å². The second kappa shape index (κ2) is 29.8. The smallest absolute Gasteiger partial charge is 0.306 e. The van der Waals surface area contributed by atoms with Crippen molar-refractivity contribution in [3.8, 4) is 0 Å². The predicted molar refractivity (Wildman–Crippen MR) is 187 cm³/mol. The van der Waals surface area contributed by atoms with Gasteiger partial charge in [-0.3, -0.25) is 9.59 Å². The number of hydrogen-bond donors (Lipinski definition) is 4. The third-order valence-corrected chi connectivity index (χ3v) is 8.28. The summed E-state index contributed by atoms with van der Waals surface area (Å²) < 4.78 is 21.9. The minimum atomic E-state index is -1.60. The number of carbonyl (C=O) groups excluding carboxylic acids is 2. The molecule has 1 rings (SSSR count). The number of rotatable bonds is 29. The average molecular weight is 683 g/mol. The van der Waals surface area contributed by atoms with Gasteiger partial charge in [-0.25, -0.2) is 0 Å². The van der Waals surface area contributed by atoms with E-state index in [1.54, 1.807) is 0 Å². The maximum Gasteiger partial charge on any atom is 0.306 e. The van der Waals surface area contributed by atoms with Crippen molar-refractivity contribution >= 4 is 11.9 Å². The lowest BCUT2D eigenvalue weighted by Crippen LogP contribution is -2.59. The fraction of sp³-hybridized carbons (Fsp3) is 0.789. The molecule has 0 bridgehead atoms. The number of aliphatic hydroxyl groups excluding tert-OH is 4. The Morgan fingerprint density at radius 2 is 1.17 bits per heavy atom. The Balaban J connectivity index is 2.43. The van der Waals surface area contributed by atoms with Crippen LogP contribution in [0.5, 0.6) is 0 Å². The SMILES string of the molecule is CCCCC/C=C/C/C=C/C/C=C/CCCCC(=O)OC[C@@H](CO[C@H]1O[C@@H](CO)[C@@H](O)C(O)C1O)OC(=O)CCCCCCCCCC. The molecule has 1 fully saturated rings. The summed E-state index contributed by atoms with van der Waals surface area (Å²) in [6.45, 7) is 3.28. The fourth-order valence-corrected chi connectivity index (χ4v) is 5.25. The fourth-order valence-electron chi connectivity index (χ4n) is 5.25. The maximum absolute atomic E-state index is 12.6. The number of unbranched alkanes of at least 4 members (excludes halogenated alkanes) is 12. The first-order chi connectivity index (χ1) is 23.3. The highest BCUT2D eigenvalue weighted by Gasteiger charge is 2.44. The summed E-state index contributed by atoms with van der Waals surface area (Å²) in [6, 6.07) is 0. The van der Waals surface area contributed by atoms with Gasteiger partial charge in [0.1, 0.15) is 31.0 Å². The van der Waals surface area contributed by atoms with Crippen LogP contribution in [0, 0.1) is 0 Å². The summed E-state index contributed by atoms with van der Waals surface area (Å²) >= 11 is 0. The Labute approximate surface area is 289 Å². The summed E-state index contributed by atoms with van der Waals surface area (Å²) in [5.41, 5.74) is 0. The number of allylic oxidation sites excluding steroid dienone is 6. The molecule has 0 radical (unpaired) electrons. The number of ether oxygens (including phenoxy) is 4. The molecule has 1 aliphatic heterocycles. The van der Waals surface area contributed by atoms with E-state index in [0.717, 1.165) is 51.4 Å². The van der Waals surface area contributed by atoms with Gasteiger partial charge in [0, 0.05) is 12.8 Å². The molecule has 0 aromatic carbocycles. The van der Waals surface area contributed by atoms with E-state index >= 15 is 0 Å². The molecule has 0 saturated carbocycles. The lowest BCUT2D eigenvalue weighted by atomic mass is 9.99. The van der Waals surface area contributed by atoms with Crippen molar-refractivity contribution in [2.24, 2.45) is 0 Å². The lowest BCUT2D eigenvalue weighted by Gasteiger charge is -2.39. The zero-order valence-corrected chi connectivity index (χ0v) is 29.7. The second-order valence-electron chi connectivity index (χ2n) is 12.7. The van der Waals surface area contributed by atoms with Gasteiger partial charge in [-0.15, -0.1) is 0 Å². The molecule has 0 aromatic heterocycles. The van der Waals surface area contributed by atoms with Crippen LogP contribution >= 0.6 is 0 Å². The van der Waals surface area contributed by atoms with E-state index in [9.17, 15) is 30.0 Å². The van der Waals surface area contributed by atoms with Gasteiger partial charge >= 0.3 is 11.9 Å². The topological polar surface area (TPSA) is 152 Å². The van der Waals surface area contributed by atoms with Gasteiger partial charge in [-0.05, 0) is 51.4 Å². The van der Waals surface area contributed by atoms with E-state index in [1.807, 2.05) is 0 Å². The number of hydrogen-bond acceptors (Lipinski definition) is 10. The molecule has 4 N–H and O–H groups in total. The van der Waals surface area contributed by atoms with Crippen LogP contribution in [0.3, 0.4) is 0 Å². The van der Waals surface area contributed by atoms with E-state index in [0.29, 0.717) is 12.8 Å². The van der Waals surface area contributed by atoms with Gasteiger partial charge < -0.3 is 39.4 Å². The highest BCUT2D eigenvalue weighted by Crippen LogP contribution is 2.22. The molecule has 0 spiro atoms. The monoisotopic (exact) mass is 682 g/mol. The molecule has 6 atom stereocenters. The third-order valence-electron chi connectivity index (χ3n) is 8.28. The van der Waals surface area contributed by atoms with Crippen LogP contribution in [0.2, 0.25) is 0 Å². The summed E-state index contributed by atoms with van der Waals surface area (Å²) in [6.07, 6.45) is 23.2. The highest BCUT2D eigenvalue weighted by molar-refractivity contribution is 5.70. The Bertz CT molecular complexity index is 887. The Kier molecular flexibility index (Phi) is 27.3. The molecule has 1 aliphatic rings. The van der Waals surface area contributed by atoms with E-state index in [-0.39, 0.29) is 26.1 Å². The zero-order valence-electron chi connectivity index (χ0n) is 29.7. The molecule has 0 aromatic rings. The van der Waals surface area contributed by atoms with Crippen LogP contribution in [0.15, 0.2) is 36.5 Å². The van der Waals surface area contributed by atoms with Gasteiger partial charge in [0.2, 0.25) is 0 Å². The van der Waals surface area contributed by atoms with Crippen LogP contribution < -0.4 is 0 Å². The molecule has 48 heavy (non-hydrogen) atoms. The van der Waals surface area contributed by atoms with E-state index in [1.165, 1.54) is 44.9 Å². The molecule has 0 aliphatic carbocycles. The van der Waals surface area contributed by atoms with Gasteiger partial charge in [0.25, 0.3) is 0 Å². The van der Waals surface area contributed by atoms with Crippen LogP contribution in [0.25, 0.3) is 0 Å². The molecule has 10 heteroatoms. The second-order valence-corrected chi connectivity index (χ2v) is 12.7. The summed E-state index contributed by atoms with van der Waals surface area (Å²) in [4.78, 5) is 25.0. The van der Waals surface area contributed by atoms with E-state index in [4.69, 9.17) is 18.9 Å². The standard InChI is InChI=1S/C38H66O10/c1-3-5-7-9-11-13-14-15-16-17-18-19-21-22-24-26-33(40)45-29-31(47-34(41)27-25-23-20-12-10-8-6-4-2)30-46-38-37(44)36(43)35(42)32(28-39)48-38/h11,13,15-16,18-19,31-32,35-39,42-44H,3-10,12,14,17,20-30H2,1-2H3/b13-11+,16-15+,19-18+/t31-,32-,35+,36?,37?,38-/m0/s1. The normalized spacial score (nSPS) is 22.2. The number of aliphatic hydroxyl groups is 4. The molecule has 1 heterocycles. The molecule has 278 valence electrons. The summed E-state index contributed by atoms with van der Waals surface area (Å²) in [5.74, 6) is -0.860. The Morgan fingerprint density at radius 1 is 0.646 bits per heavy atom. The van der Waals surface area contributed by atoms with Crippen LogP contribution in [-0.4, -0.2) is 89.0 Å². The lowest BCUT2D eigenvalue weighted by molar-refractivity contribution is -0.305. The van der Waals surface area contributed by atoms with Crippen molar-refractivity contribution in [3.63, 3.8) is 0 Å². The third kappa shape index (κ3) is 21.8. The quantitative estimate of drug-likeness (QED) is 0.0397. The molecule has 2 unspecified atom stereocenters. The first-order valence-corrected chi connectivity index (χ1v) is 18.6. The predicted octanol–water partition coefficient (Wildman–Crippen LogP) is 6.38. The first-order valence-electron chi connectivity index (χ1n) is 18.6. The van der Waals surface area contributed by atoms with Gasteiger partial charge in [-0.1, -0.05) is 108 Å². The van der Waals surface area contributed by atoms with Gasteiger partial charge in [0.15, 0.2) is 12.4 Å². The molecular weight excluding hydrogens is 616 g/mol. The maximum atomic E-state index is 12.6. The summed E-state index contributed by atoms with van der Waals surface area (Å²) in [7, 11) is 0. The van der Waals surface area contributed by atoms with Crippen molar-refractivity contribution in [1.82, 2.24) is 0 Å². The zero-order chi connectivity index (χ0) is 35.2. The van der Waals surface area contributed by atoms with Gasteiger partial charge in [0.05, 0.1) is 13.2 Å². The minimum absolute atomic E-state index is 0.221. The average Bonchev–Trinajstić information content (AvgIpc) is 3.08. The van der Waals surface area contributed by atoms with Crippen LogP contribution in [-0.2, 0) is 28.5 Å². The Morgan fingerprint density at radius 3 is 1.79 bits per heavy atom. The van der Waals surface area contributed by atoms with Crippen molar-refractivity contribution in [2.75, 3.05) is 19.8 Å². The molecular formula is C38H66O10. The molecule has 10 nitrogen and oxygen atoms in total. The van der Waals surface area contributed by atoms with E-state index < -0.39 is 55.4 Å². The number of esters is 2. The van der Waals surface area contributed by atoms with E-state index in [2.05, 4.69) is 50.3 Å². The van der Waals surface area contributed by atoms with Gasteiger partial charge in [-0.2, -0.15) is 0 Å². The number of carbonyl (C=O) groups is 2. The molecule has 0 amide bonds. The first kappa shape index (κ1) is 43.9. The highest BCUT2D eigenvalue weighted by atomic mass is 16.7. The largest absolute Gasteiger partial charge is 0.462 e.